The van der Waals surface area contributed by atoms with E-state index in [-0.39, 0.29) is 35.0 Å². The molecule has 4 heterocycles. The van der Waals surface area contributed by atoms with Crippen LogP contribution in [-0.4, -0.2) is 61.5 Å². The number of phenols is 2. The molecule has 0 aliphatic carbocycles. The van der Waals surface area contributed by atoms with E-state index in [0.717, 1.165) is 0 Å². The molecule has 0 radical (unpaired) electrons. The van der Waals surface area contributed by atoms with Crippen molar-refractivity contribution >= 4 is 45.9 Å². The topological polar surface area (TPSA) is 251 Å². The largest absolute Gasteiger partial charge is 0.504 e. The molecule has 0 spiro atoms. The minimum atomic E-state index is -0.186. The highest BCUT2D eigenvalue weighted by Gasteiger charge is 2.16. The molecule has 0 saturated carbocycles. The van der Waals surface area contributed by atoms with Crippen LogP contribution in [0.1, 0.15) is 17.0 Å². The molecule has 4 aromatic heterocycles. The summed E-state index contributed by atoms with van der Waals surface area (Å²) in [7, 11) is 0. The Morgan fingerprint density at radius 1 is 0.703 bits per heavy atom. The number of nitrogens with two attached hydrogens (primary N) is 4. The van der Waals surface area contributed by atoms with Crippen LogP contribution < -0.4 is 22.9 Å². The lowest BCUT2D eigenvalue weighted by Crippen LogP contribution is -2.26. The van der Waals surface area contributed by atoms with Gasteiger partial charge in [0.05, 0.1) is 23.8 Å². The zero-order valence-electron chi connectivity index (χ0n) is 19.4. The number of hydrogen-bond acceptors (Lipinski definition) is 15. The highest BCUT2D eigenvalue weighted by atomic mass is 16.3. The summed E-state index contributed by atoms with van der Waals surface area (Å²) in [5, 5.41) is 20.1. The molecular formula is C22H23N13O2. The number of nitrogens with zero attached hydrogens (tertiary/aromatic N) is 9. The SMILES string of the molecule is Nc1nc(N)c2nc(CN(CCc3cccc(O)c3O)Cc3cnc4nc(N)nc(N)c4n3)cnc2n1. The number of anilines is 4. The molecule has 188 valence electrons. The normalized spacial score (nSPS) is 11.5. The van der Waals surface area contributed by atoms with Crippen LogP contribution in [0.2, 0.25) is 0 Å². The Morgan fingerprint density at radius 2 is 1.24 bits per heavy atom. The lowest BCUT2D eigenvalue weighted by atomic mass is 10.1. The Morgan fingerprint density at radius 3 is 1.78 bits per heavy atom. The highest BCUT2D eigenvalue weighted by Crippen LogP contribution is 2.29. The average Bonchev–Trinajstić information content (AvgIpc) is 2.85. The second-order valence-electron chi connectivity index (χ2n) is 8.25. The Labute approximate surface area is 209 Å². The van der Waals surface area contributed by atoms with E-state index in [1.54, 1.807) is 24.5 Å². The smallest absolute Gasteiger partial charge is 0.224 e. The van der Waals surface area contributed by atoms with Gasteiger partial charge in [0, 0.05) is 19.6 Å². The quantitative estimate of drug-likeness (QED) is 0.162. The molecule has 0 saturated heterocycles. The maximum Gasteiger partial charge on any atom is 0.224 e. The summed E-state index contributed by atoms with van der Waals surface area (Å²) >= 11 is 0. The number of hydrogen-bond donors (Lipinski definition) is 6. The third-order valence-electron chi connectivity index (χ3n) is 5.57. The summed E-state index contributed by atoms with van der Waals surface area (Å²) in [4.78, 5) is 35.8. The van der Waals surface area contributed by atoms with Crippen LogP contribution in [0.3, 0.4) is 0 Å². The number of benzene rings is 1. The fraction of sp³-hybridized carbons (Fsp3) is 0.182. The highest BCUT2D eigenvalue weighted by molar-refractivity contribution is 5.82. The standard InChI is InChI=1S/C22H23N13O2/c23-17-14-19(33-21(25)31-17)27-6-11(29-14)8-35(5-4-10-2-1-3-13(36)16(10)37)9-12-7-28-20-15(30-12)18(24)32-22(26)34-20/h1-3,6-7,36-37H,4-5,8-9H2,(H4,23,25,27,31,33)(H4,24,26,28,32,34). The predicted octanol–water partition coefficient (Wildman–Crippen LogP) is 0.138. The summed E-state index contributed by atoms with van der Waals surface area (Å²) < 4.78 is 0. The summed E-state index contributed by atoms with van der Waals surface area (Å²) in [6, 6.07) is 4.83. The van der Waals surface area contributed by atoms with E-state index in [2.05, 4.69) is 39.9 Å². The molecule has 37 heavy (non-hydrogen) atoms. The maximum atomic E-state index is 10.2. The number of aromatic hydroxyl groups is 2. The van der Waals surface area contributed by atoms with Gasteiger partial charge in [-0.3, -0.25) is 4.90 Å². The first-order valence-corrected chi connectivity index (χ1v) is 11.1. The monoisotopic (exact) mass is 501 g/mol. The molecule has 15 heteroatoms. The van der Waals surface area contributed by atoms with Crippen LogP contribution in [0.4, 0.5) is 23.5 Å². The van der Waals surface area contributed by atoms with Gasteiger partial charge in [-0.25, -0.2) is 19.9 Å². The molecule has 5 rings (SSSR count). The third-order valence-corrected chi connectivity index (χ3v) is 5.57. The number of nitrogen functional groups attached to an aromatic ring is 4. The van der Waals surface area contributed by atoms with Gasteiger partial charge in [-0.2, -0.15) is 19.9 Å². The number of para-hydroxylation sites is 1. The first kappa shape index (κ1) is 23.6. The van der Waals surface area contributed by atoms with E-state index >= 15 is 0 Å². The van der Waals surface area contributed by atoms with E-state index in [1.165, 1.54) is 6.07 Å². The predicted molar refractivity (Wildman–Crippen MR) is 135 cm³/mol. The molecule has 0 aliphatic rings. The number of aromatic nitrogens is 8. The molecule has 0 unspecified atom stereocenters. The molecular weight excluding hydrogens is 478 g/mol. The van der Waals surface area contributed by atoms with Gasteiger partial charge in [0.1, 0.15) is 0 Å². The summed E-state index contributed by atoms with van der Waals surface area (Å²) in [5.41, 5.74) is 26.3. The van der Waals surface area contributed by atoms with Crippen LogP contribution in [0.5, 0.6) is 11.5 Å². The molecule has 10 N–H and O–H groups in total. The van der Waals surface area contributed by atoms with Crippen LogP contribution in [-0.2, 0) is 19.5 Å². The van der Waals surface area contributed by atoms with Crippen molar-refractivity contribution in [3.8, 4) is 11.5 Å². The molecule has 0 amide bonds. The Kier molecular flexibility index (Phi) is 6.02. The van der Waals surface area contributed by atoms with Gasteiger partial charge >= 0.3 is 0 Å². The van der Waals surface area contributed by atoms with Crippen molar-refractivity contribution in [3.05, 3.63) is 47.5 Å². The first-order valence-electron chi connectivity index (χ1n) is 11.1. The van der Waals surface area contributed by atoms with Crippen LogP contribution in [0.15, 0.2) is 30.6 Å². The summed E-state index contributed by atoms with van der Waals surface area (Å²) in [6.45, 7) is 1.12. The van der Waals surface area contributed by atoms with Gasteiger partial charge in [0.25, 0.3) is 0 Å². The average molecular weight is 502 g/mol. The molecule has 0 bridgehead atoms. The van der Waals surface area contributed by atoms with E-state index in [4.69, 9.17) is 22.9 Å². The lowest BCUT2D eigenvalue weighted by Gasteiger charge is -2.22. The van der Waals surface area contributed by atoms with Crippen molar-refractivity contribution in [1.29, 1.82) is 0 Å². The second-order valence-corrected chi connectivity index (χ2v) is 8.25. The van der Waals surface area contributed by atoms with Crippen molar-refractivity contribution < 1.29 is 10.2 Å². The van der Waals surface area contributed by atoms with Gasteiger partial charge in [-0.1, -0.05) is 12.1 Å². The second kappa shape index (κ2) is 9.46. The van der Waals surface area contributed by atoms with Gasteiger partial charge in [0.2, 0.25) is 11.9 Å². The number of phenolic OH excluding ortho intramolecular Hbond substituents is 2. The maximum absolute atomic E-state index is 10.2. The summed E-state index contributed by atoms with van der Waals surface area (Å²) in [5.74, 6) is -0.0665. The van der Waals surface area contributed by atoms with Crippen LogP contribution >= 0.6 is 0 Å². The van der Waals surface area contributed by atoms with Gasteiger partial charge in [-0.15, -0.1) is 0 Å². The van der Waals surface area contributed by atoms with Gasteiger partial charge in [0.15, 0.2) is 45.5 Å². The zero-order chi connectivity index (χ0) is 26.1. The van der Waals surface area contributed by atoms with E-state index in [1.807, 2.05) is 4.90 Å². The lowest BCUT2D eigenvalue weighted by molar-refractivity contribution is 0.252. The molecule has 0 atom stereocenters. The number of fused-ring (bicyclic) bond motifs is 2. The van der Waals surface area contributed by atoms with Crippen LogP contribution in [0, 0.1) is 0 Å². The number of rotatable bonds is 7. The zero-order valence-corrected chi connectivity index (χ0v) is 19.4. The van der Waals surface area contributed by atoms with E-state index in [9.17, 15) is 10.2 Å². The molecule has 5 aromatic rings. The minimum Gasteiger partial charge on any atom is -0.504 e. The van der Waals surface area contributed by atoms with Crippen molar-refractivity contribution in [2.45, 2.75) is 19.5 Å². The van der Waals surface area contributed by atoms with Crippen molar-refractivity contribution in [1.82, 2.24) is 44.8 Å². The van der Waals surface area contributed by atoms with Crippen LogP contribution in [0.25, 0.3) is 22.3 Å². The Hall–Kier alpha value is -5.18. The molecule has 15 nitrogen and oxygen atoms in total. The third kappa shape index (κ3) is 4.96. The molecule has 0 aliphatic heterocycles. The summed E-state index contributed by atoms with van der Waals surface area (Å²) in [6.07, 6.45) is 3.58. The minimum absolute atomic E-state index is 0.0134. The van der Waals surface area contributed by atoms with Gasteiger partial charge in [-0.05, 0) is 18.1 Å². The Balaban J connectivity index is 1.45. The van der Waals surface area contributed by atoms with Gasteiger partial charge < -0.3 is 33.1 Å². The fourth-order valence-corrected chi connectivity index (χ4v) is 3.85. The van der Waals surface area contributed by atoms with E-state index in [0.29, 0.717) is 65.3 Å². The van der Waals surface area contributed by atoms with Crippen molar-refractivity contribution in [3.63, 3.8) is 0 Å². The molecule has 1 aromatic carbocycles. The molecule has 0 fully saturated rings. The van der Waals surface area contributed by atoms with Crippen molar-refractivity contribution in [2.75, 3.05) is 29.5 Å². The van der Waals surface area contributed by atoms with E-state index < -0.39 is 0 Å². The van der Waals surface area contributed by atoms with Crippen molar-refractivity contribution in [2.24, 2.45) is 0 Å². The Bertz CT molecular complexity index is 1540. The fourth-order valence-electron chi connectivity index (χ4n) is 3.85. The first-order chi connectivity index (χ1) is 17.8.